The molecule has 3 aromatic heterocycles. The molecular weight excluding hydrogens is 401 g/mol. The van der Waals surface area contributed by atoms with Gasteiger partial charge < -0.3 is 4.42 Å². The van der Waals surface area contributed by atoms with Gasteiger partial charge >= 0.3 is 6.18 Å². The van der Waals surface area contributed by atoms with E-state index in [1.54, 1.807) is 36.9 Å². The monoisotopic (exact) mass is 416 g/mol. The summed E-state index contributed by atoms with van der Waals surface area (Å²) >= 11 is 1.32. The van der Waals surface area contributed by atoms with Crippen molar-refractivity contribution in [3.63, 3.8) is 0 Å². The lowest BCUT2D eigenvalue weighted by Crippen LogP contribution is -2.05. The van der Waals surface area contributed by atoms with Gasteiger partial charge in [0.2, 0.25) is 0 Å². The highest BCUT2D eigenvalue weighted by molar-refractivity contribution is 7.98. The molecule has 5 nitrogen and oxygen atoms in total. The fourth-order valence-electron chi connectivity index (χ4n) is 2.79. The summed E-state index contributed by atoms with van der Waals surface area (Å²) in [6.45, 7) is 0.398. The van der Waals surface area contributed by atoms with Gasteiger partial charge in [0.15, 0.2) is 11.0 Å². The van der Waals surface area contributed by atoms with Crippen LogP contribution in [0.1, 0.15) is 16.9 Å². The summed E-state index contributed by atoms with van der Waals surface area (Å²) in [4.78, 5) is 4.12. The van der Waals surface area contributed by atoms with Crippen LogP contribution in [-0.2, 0) is 18.5 Å². The Hall–Kier alpha value is -3.07. The van der Waals surface area contributed by atoms with Crippen LogP contribution in [0.15, 0.2) is 76.8 Å². The molecule has 0 saturated carbocycles. The summed E-state index contributed by atoms with van der Waals surface area (Å²) in [6, 6.07) is 12.6. The Bertz CT molecular complexity index is 1080. The molecule has 4 aromatic rings. The summed E-state index contributed by atoms with van der Waals surface area (Å²) in [5.74, 6) is 1.66. The van der Waals surface area contributed by atoms with Gasteiger partial charge in [-0.1, -0.05) is 30.0 Å². The molecule has 0 unspecified atom stereocenters. The SMILES string of the molecule is FC(F)(F)c1cccc(CSc2nnc(-c3cccnc3)n2Cc2ccco2)c1. The van der Waals surface area contributed by atoms with Gasteiger partial charge in [-0.3, -0.25) is 9.55 Å². The zero-order valence-corrected chi connectivity index (χ0v) is 15.8. The molecule has 29 heavy (non-hydrogen) atoms. The predicted octanol–water partition coefficient (Wildman–Crippen LogP) is 5.29. The second-order valence-electron chi connectivity index (χ2n) is 6.20. The Morgan fingerprint density at radius 1 is 1.03 bits per heavy atom. The van der Waals surface area contributed by atoms with E-state index in [1.165, 1.54) is 17.8 Å². The maximum absolute atomic E-state index is 12.9. The van der Waals surface area contributed by atoms with Crippen molar-refractivity contribution in [1.82, 2.24) is 19.7 Å². The van der Waals surface area contributed by atoms with Crippen LogP contribution >= 0.6 is 11.8 Å². The molecule has 0 amide bonds. The Morgan fingerprint density at radius 2 is 1.93 bits per heavy atom. The molecule has 148 valence electrons. The largest absolute Gasteiger partial charge is 0.467 e. The van der Waals surface area contributed by atoms with E-state index >= 15 is 0 Å². The van der Waals surface area contributed by atoms with E-state index in [0.717, 1.165) is 23.5 Å². The molecule has 9 heteroatoms. The molecule has 0 radical (unpaired) electrons. The third kappa shape index (κ3) is 4.51. The molecule has 0 saturated heterocycles. The Morgan fingerprint density at radius 3 is 2.66 bits per heavy atom. The number of hydrogen-bond donors (Lipinski definition) is 0. The number of pyridine rings is 1. The van der Waals surface area contributed by atoms with E-state index in [-0.39, 0.29) is 0 Å². The number of alkyl halides is 3. The van der Waals surface area contributed by atoms with Crippen molar-refractivity contribution in [2.24, 2.45) is 0 Å². The summed E-state index contributed by atoms with van der Waals surface area (Å²) in [6.07, 6.45) is 0.566. The van der Waals surface area contributed by atoms with Gasteiger partial charge in [-0.25, -0.2) is 0 Å². The number of nitrogens with zero attached hydrogens (tertiary/aromatic N) is 4. The number of benzene rings is 1. The first-order chi connectivity index (χ1) is 14.0. The standard InChI is InChI=1S/C20H15F3N4OS/c21-20(22,23)16-6-1-4-14(10-16)13-29-19-26-25-18(15-5-2-8-24-11-15)27(19)12-17-7-3-9-28-17/h1-11H,12-13H2. The van der Waals surface area contributed by atoms with Crippen LogP contribution in [0, 0.1) is 0 Å². The van der Waals surface area contributed by atoms with Crippen LogP contribution in [0.25, 0.3) is 11.4 Å². The predicted molar refractivity (Wildman–Crippen MR) is 102 cm³/mol. The van der Waals surface area contributed by atoms with E-state index in [4.69, 9.17) is 4.42 Å². The Kier molecular flexibility index (Phi) is 5.39. The van der Waals surface area contributed by atoms with Gasteiger partial charge in [0, 0.05) is 23.7 Å². The van der Waals surface area contributed by atoms with Crippen molar-refractivity contribution >= 4 is 11.8 Å². The van der Waals surface area contributed by atoms with Gasteiger partial charge in [-0.2, -0.15) is 13.2 Å². The average molecular weight is 416 g/mol. The number of halogens is 3. The molecular formula is C20H15F3N4OS. The van der Waals surface area contributed by atoms with Crippen LogP contribution in [0.4, 0.5) is 13.2 Å². The highest BCUT2D eigenvalue weighted by atomic mass is 32.2. The van der Waals surface area contributed by atoms with Gasteiger partial charge in [0.05, 0.1) is 18.4 Å². The first-order valence-electron chi connectivity index (χ1n) is 8.65. The quantitative estimate of drug-likeness (QED) is 0.400. The van der Waals surface area contributed by atoms with E-state index in [1.807, 2.05) is 16.7 Å². The summed E-state index contributed by atoms with van der Waals surface area (Å²) in [7, 11) is 0. The smallest absolute Gasteiger partial charge is 0.416 e. The molecule has 0 aliphatic rings. The summed E-state index contributed by atoms with van der Waals surface area (Å²) in [5.41, 5.74) is 0.682. The minimum absolute atomic E-state index is 0.327. The van der Waals surface area contributed by atoms with Gasteiger partial charge in [0.25, 0.3) is 0 Å². The first-order valence-corrected chi connectivity index (χ1v) is 9.64. The van der Waals surface area contributed by atoms with E-state index in [9.17, 15) is 13.2 Å². The molecule has 0 aliphatic carbocycles. The molecule has 1 aromatic carbocycles. The second-order valence-corrected chi connectivity index (χ2v) is 7.14. The zero-order valence-electron chi connectivity index (χ0n) is 15.0. The minimum atomic E-state index is -4.37. The molecule has 0 aliphatic heterocycles. The van der Waals surface area contributed by atoms with Crippen LogP contribution in [-0.4, -0.2) is 19.7 Å². The normalized spacial score (nSPS) is 11.7. The van der Waals surface area contributed by atoms with Crippen LogP contribution < -0.4 is 0 Å². The fraction of sp³-hybridized carbons (Fsp3) is 0.150. The number of aromatic nitrogens is 4. The van der Waals surface area contributed by atoms with Crippen molar-refractivity contribution in [3.8, 4) is 11.4 Å². The van der Waals surface area contributed by atoms with Crippen molar-refractivity contribution < 1.29 is 17.6 Å². The Balaban J connectivity index is 1.61. The minimum Gasteiger partial charge on any atom is -0.467 e. The van der Waals surface area contributed by atoms with Crippen molar-refractivity contribution in [2.45, 2.75) is 23.6 Å². The molecule has 0 spiro atoms. The fourth-order valence-corrected chi connectivity index (χ4v) is 3.67. The van der Waals surface area contributed by atoms with Gasteiger partial charge in [-0.05, 0) is 35.9 Å². The highest BCUT2D eigenvalue weighted by Crippen LogP contribution is 2.32. The van der Waals surface area contributed by atoms with Crippen LogP contribution in [0.2, 0.25) is 0 Å². The average Bonchev–Trinajstić information content (AvgIpc) is 3.37. The van der Waals surface area contributed by atoms with E-state index < -0.39 is 11.7 Å². The number of thioether (sulfide) groups is 1. The lowest BCUT2D eigenvalue weighted by atomic mass is 10.1. The molecule has 0 bridgehead atoms. The zero-order chi connectivity index (χ0) is 20.3. The van der Waals surface area contributed by atoms with Gasteiger partial charge in [-0.15, -0.1) is 10.2 Å². The summed E-state index contributed by atoms with van der Waals surface area (Å²) < 4.78 is 46.2. The van der Waals surface area contributed by atoms with Crippen molar-refractivity contribution in [3.05, 3.63) is 84.1 Å². The van der Waals surface area contributed by atoms with E-state index in [2.05, 4.69) is 15.2 Å². The molecule has 0 N–H and O–H groups in total. The molecule has 4 rings (SSSR count). The Labute approximate surface area is 168 Å². The highest BCUT2D eigenvalue weighted by Gasteiger charge is 2.30. The van der Waals surface area contributed by atoms with Crippen LogP contribution in [0.3, 0.4) is 0 Å². The lowest BCUT2D eigenvalue weighted by Gasteiger charge is -2.10. The number of hydrogen-bond acceptors (Lipinski definition) is 5. The van der Waals surface area contributed by atoms with Gasteiger partial charge in [0.1, 0.15) is 5.76 Å². The number of furan rings is 1. The number of rotatable bonds is 6. The lowest BCUT2D eigenvalue weighted by molar-refractivity contribution is -0.137. The third-order valence-electron chi connectivity index (χ3n) is 4.15. The first kappa shape index (κ1) is 19.3. The summed E-state index contributed by atoms with van der Waals surface area (Å²) in [5, 5.41) is 9.09. The second kappa shape index (κ2) is 8.12. The maximum Gasteiger partial charge on any atom is 0.416 e. The third-order valence-corrected chi connectivity index (χ3v) is 5.19. The van der Waals surface area contributed by atoms with Crippen molar-refractivity contribution in [2.75, 3.05) is 0 Å². The van der Waals surface area contributed by atoms with E-state index in [0.29, 0.717) is 28.8 Å². The molecule has 0 atom stereocenters. The molecule has 0 fully saturated rings. The maximum atomic E-state index is 12.9. The molecule has 3 heterocycles. The van der Waals surface area contributed by atoms with Crippen LogP contribution in [0.5, 0.6) is 0 Å². The topological polar surface area (TPSA) is 56.7 Å². The van der Waals surface area contributed by atoms with Crippen molar-refractivity contribution in [1.29, 1.82) is 0 Å².